The van der Waals surface area contributed by atoms with Crippen LogP contribution < -0.4 is 0 Å². The summed E-state index contributed by atoms with van der Waals surface area (Å²) >= 11 is 0. The second kappa shape index (κ2) is 15.7. The minimum absolute atomic E-state index is 1.44. The SMILES string of the molecule is c1ccncc1.c1cnccn1.c1cncnc1.c1ncncn1. The van der Waals surface area contributed by atoms with Crippen molar-refractivity contribution in [1.82, 2.24) is 39.9 Å². The monoisotopic (exact) mass is 320 g/mol. The van der Waals surface area contributed by atoms with E-state index >= 15 is 0 Å². The first-order valence-electron chi connectivity index (χ1n) is 6.80. The Morgan fingerprint density at radius 1 is 0.250 bits per heavy atom. The lowest BCUT2D eigenvalue weighted by molar-refractivity contribution is 1.05. The Balaban J connectivity index is 0.000000160. The van der Waals surface area contributed by atoms with Gasteiger partial charge in [0, 0.05) is 49.6 Å². The second-order valence-electron chi connectivity index (χ2n) is 3.62. The Morgan fingerprint density at radius 2 is 0.625 bits per heavy atom. The fraction of sp³-hybridized carbons (Fsp3) is 0. The standard InChI is InChI=1S/C5H5N.2C4H4N2.C3H3N3/c1-2-4-6-5-3-1;1-2-6-4-3-5-1;1-2-5-4-6-3-1;1-4-2-6-3-5-1/h1-5H;2*1-4H;1-3H. The van der Waals surface area contributed by atoms with Crippen LogP contribution in [-0.4, -0.2) is 39.9 Å². The Hall–Kier alpha value is -3.68. The Morgan fingerprint density at radius 3 is 0.792 bits per heavy atom. The summed E-state index contributed by atoms with van der Waals surface area (Å²) in [6, 6.07) is 7.49. The van der Waals surface area contributed by atoms with Gasteiger partial charge in [0.1, 0.15) is 25.3 Å². The lowest BCUT2D eigenvalue weighted by Gasteiger charge is -1.70. The van der Waals surface area contributed by atoms with Crippen LogP contribution in [0.3, 0.4) is 0 Å². The van der Waals surface area contributed by atoms with Crippen LogP contribution in [0.1, 0.15) is 0 Å². The fourth-order valence-electron chi connectivity index (χ4n) is 1.02. The molecule has 0 saturated carbocycles. The van der Waals surface area contributed by atoms with E-state index in [1.807, 2.05) is 18.2 Å². The van der Waals surface area contributed by atoms with Gasteiger partial charge in [0.25, 0.3) is 0 Å². The highest BCUT2D eigenvalue weighted by molar-refractivity contribution is 4.88. The summed E-state index contributed by atoms with van der Waals surface area (Å²) < 4.78 is 0. The number of nitrogens with zero attached hydrogens (tertiary/aromatic N) is 8. The van der Waals surface area contributed by atoms with E-state index in [9.17, 15) is 0 Å². The zero-order valence-electron chi connectivity index (χ0n) is 12.8. The van der Waals surface area contributed by atoms with E-state index in [1.165, 1.54) is 25.3 Å². The number of pyridine rings is 1. The predicted octanol–water partition coefficient (Wildman–Crippen LogP) is 1.91. The van der Waals surface area contributed by atoms with E-state index in [0.29, 0.717) is 0 Å². The molecule has 4 aromatic heterocycles. The first-order chi connectivity index (χ1) is 12.0. The van der Waals surface area contributed by atoms with Crippen LogP contribution in [0.4, 0.5) is 0 Å². The number of hydrogen-bond acceptors (Lipinski definition) is 8. The average Bonchev–Trinajstić information content (AvgIpc) is 2.75. The smallest absolute Gasteiger partial charge is 0.119 e. The molecule has 0 saturated heterocycles. The molecule has 0 fully saturated rings. The van der Waals surface area contributed by atoms with Gasteiger partial charge in [-0.2, -0.15) is 0 Å². The van der Waals surface area contributed by atoms with Crippen molar-refractivity contribution in [2.45, 2.75) is 0 Å². The van der Waals surface area contributed by atoms with Crippen LogP contribution in [-0.2, 0) is 0 Å². The molecule has 0 aliphatic heterocycles. The normalized spacial score (nSPS) is 8.00. The zero-order valence-corrected chi connectivity index (χ0v) is 12.8. The Bertz CT molecular complexity index is 436. The van der Waals surface area contributed by atoms with Crippen LogP contribution in [0, 0.1) is 0 Å². The van der Waals surface area contributed by atoms with E-state index in [0.717, 1.165) is 0 Å². The van der Waals surface area contributed by atoms with E-state index < -0.39 is 0 Å². The highest BCUT2D eigenvalue weighted by Crippen LogP contribution is 1.73. The van der Waals surface area contributed by atoms with E-state index in [4.69, 9.17) is 0 Å². The summed E-state index contributed by atoms with van der Waals surface area (Å²) in [5.41, 5.74) is 0. The minimum Gasteiger partial charge on any atom is -0.265 e. The molecule has 0 atom stereocenters. The molecule has 0 aromatic carbocycles. The molecule has 4 aromatic rings. The van der Waals surface area contributed by atoms with Crippen LogP contribution in [0.25, 0.3) is 0 Å². The highest BCUT2D eigenvalue weighted by atomic mass is 14.9. The van der Waals surface area contributed by atoms with Crippen LogP contribution in [0.2, 0.25) is 0 Å². The van der Waals surface area contributed by atoms with Gasteiger partial charge in [-0.25, -0.2) is 24.9 Å². The van der Waals surface area contributed by atoms with Crippen molar-refractivity contribution >= 4 is 0 Å². The maximum atomic E-state index is 3.78. The Kier molecular flexibility index (Phi) is 12.0. The molecule has 0 aliphatic rings. The molecular weight excluding hydrogens is 304 g/mol. The molecule has 0 N–H and O–H groups in total. The first-order valence-corrected chi connectivity index (χ1v) is 6.80. The van der Waals surface area contributed by atoms with Gasteiger partial charge >= 0.3 is 0 Å². The second-order valence-corrected chi connectivity index (χ2v) is 3.62. The van der Waals surface area contributed by atoms with Gasteiger partial charge < -0.3 is 0 Å². The van der Waals surface area contributed by atoms with Gasteiger partial charge in [-0.3, -0.25) is 15.0 Å². The van der Waals surface area contributed by atoms with Gasteiger partial charge in [-0.1, -0.05) is 6.07 Å². The van der Waals surface area contributed by atoms with Crippen molar-refractivity contribution in [2.24, 2.45) is 0 Å². The molecular formula is C16H16N8. The summed E-state index contributed by atoms with van der Waals surface area (Å²) in [6.07, 6.45) is 19.2. The summed E-state index contributed by atoms with van der Waals surface area (Å²) in [5.74, 6) is 0. The van der Waals surface area contributed by atoms with Gasteiger partial charge in [-0.15, -0.1) is 0 Å². The summed E-state index contributed by atoms with van der Waals surface area (Å²) in [4.78, 5) is 29.3. The summed E-state index contributed by atoms with van der Waals surface area (Å²) in [6.45, 7) is 0. The molecule has 120 valence electrons. The fourth-order valence-corrected chi connectivity index (χ4v) is 1.02. The number of rotatable bonds is 0. The lowest BCUT2D eigenvalue weighted by Crippen LogP contribution is -1.73. The topological polar surface area (TPSA) is 103 Å². The molecule has 8 nitrogen and oxygen atoms in total. The van der Waals surface area contributed by atoms with Gasteiger partial charge in [0.15, 0.2) is 0 Å². The molecule has 0 unspecified atom stereocenters. The van der Waals surface area contributed by atoms with Crippen molar-refractivity contribution in [3.05, 3.63) is 99.1 Å². The molecule has 0 aliphatic carbocycles. The van der Waals surface area contributed by atoms with Crippen molar-refractivity contribution in [3.8, 4) is 0 Å². The van der Waals surface area contributed by atoms with Crippen molar-refractivity contribution < 1.29 is 0 Å². The summed E-state index contributed by atoms with van der Waals surface area (Å²) in [5, 5.41) is 0. The van der Waals surface area contributed by atoms with Crippen LogP contribution >= 0.6 is 0 Å². The molecule has 24 heavy (non-hydrogen) atoms. The van der Waals surface area contributed by atoms with Crippen molar-refractivity contribution in [1.29, 1.82) is 0 Å². The maximum absolute atomic E-state index is 3.78. The number of aromatic nitrogens is 8. The average molecular weight is 320 g/mol. The van der Waals surface area contributed by atoms with Crippen molar-refractivity contribution in [3.63, 3.8) is 0 Å². The summed E-state index contributed by atoms with van der Waals surface area (Å²) in [7, 11) is 0. The lowest BCUT2D eigenvalue weighted by atomic mass is 10.5. The van der Waals surface area contributed by atoms with E-state index in [1.54, 1.807) is 55.6 Å². The molecule has 4 heterocycles. The highest BCUT2D eigenvalue weighted by Gasteiger charge is 1.60. The third-order valence-corrected chi connectivity index (χ3v) is 1.92. The molecule has 8 heteroatoms. The largest absolute Gasteiger partial charge is 0.265 e. The van der Waals surface area contributed by atoms with Gasteiger partial charge in [-0.05, 0) is 18.2 Å². The van der Waals surface area contributed by atoms with Crippen molar-refractivity contribution in [2.75, 3.05) is 0 Å². The molecule has 0 spiro atoms. The third-order valence-electron chi connectivity index (χ3n) is 1.92. The zero-order chi connectivity index (χ0) is 17.0. The van der Waals surface area contributed by atoms with Gasteiger partial charge in [0.2, 0.25) is 0 Å². The minimum atomic E-state index is 1.44. The molecule has 4 rings (SSSR count). The quantitative estimate of drug-likeness (QED) is 0.484. The molecule has 0 amide bonds. The van der Waals surface area contributed by atoms with E-state index in [2.05, 4.69) is 39.9 Å². The van der Waals surface area contributed by atoms with Gasteiger partial charge in [0.05, 0.1) is 0 Å². The third kappa shape index (κ3) is 13.3. The molecule has 0 bridgehead atoms. The maximum Gasteiger partial charge on any atom is 0.119 e. The van der Waals surface area contributed by atoms with Crippen LogP contribution in [0.15, 0.2) is 99.1 Å². The first kappa shape index (κ1) is 18.4. The van der Waals surface area contributed by atoms with Crippen LogP contribution in [0.5, 0.6) is 0 Å². The predicted molar refractivity (Wildman–Crippen MR) is 88.1 cm³/mol. The Labute approximate surface area is 139 Å². The van der Waals surface area contributed by atoms with E-state index in [-0.39, 0.29) is 0 Å². The molecule has 0 radical (unpaired) electrons. The number of hydrogen-bond donors (Lipinski definition) is 0.